The summed E-state index contributed by atoms with van der Waals surface area (Å²) in [5.41, 5.74) is -0.142. The lowest BCUT2D eigenvalue weighted by Crippen LogP contribution is -2.48. The van der Waals surface area contributed by atoms with Crippen molar-refractivity contribution < 1.29 is 9.53 Å². The smallest absolute Gasteiger partial charge is 0.246 e. The summed E-state index contributed by atoms with van der Waals surface area (Å²) in [7, 11) is 0. The quantitative estimate of drug-likeness (QED) is 0.767. The minimum atomic E-state index is -0.142. The van der Waals surface area contributed by atoms with Crippen molar-refractivity contribution in [3.63, 3.8) is 0 Å². The number of ether oxygens (including phenoxy) is 1. The van der Waals surface area contributed by atoms with Gasteiger partial charge in [-0.25, -0.2) is 0 Å². The SMILES string of the molecule is CCC(C)(C)NC(=O)COC1CCCNC1C. The van der Waals surface area contributed by atoms with Gasteiger partial charge in [-0.1, -0.05) is 6.92 Å². The molecule has 0 aromatic rings. The number of hydrogen-bond acceptors (Lipinski definition) is 3. The van der Waals surface area contributed by atoms with Crippen LogP contribution in [0.2, 0.25) is 0 Å². The van der Waals surface area contributed by atoms with Crippen LogP contribution < -0.4 is 10.6 Å². The summed E-state index contributed by atoms with van der Waals surface area (Å²) in [6, 6.07) is 0.343. The lowest BCUT2D eigenvalue weighted by Gasteiger charge is -2.30. The van der Waals surface area contributed by atoms with E-state index in [4.69, 9.17) is 4.74 Å². The van der Waals surface area contributed by atoms with Crippen molar-refractivity contribution in [3.05, 3.63) is 0 Å². The minimum Gasteiger partial charge on any atom is -0.367 e. The average molecular weight is 242 g/mol. The van der Waals surface area contributed by atoms with Gasteiger partial charge < -0.3 is 15.4 Å². The summed E-state index contributed by atoms with van der Waals surface area (Å²) in [5.74, 6) is -0.0189. The fraction of sp³-hybridized carbons (Fsp3) is 0.923. The first-order chi connectivity index (χ1) is 7.94. The Morgan fingerprint density at radius 2 is 2.24 bits per heavy atom. The molecule has 1 aliphatic rings. The van der Waals surface area contributed by atoms with Crippen molar-refractivity contribution >= 4 is 5.91 Å². The Bertz CT molecular complexity index is 254. The average Bonchev–Trinajstić information content (AvgIpc) is 2.27. The Kier molecular flexibility index (Phi) is 5.40. The van der Waals surface area contributed by atoms with E-state index < -0.39 is 0 Å². The standard InChI is InChI=1S/C13H26N2O2/c1-5-13(3,4)15-12(16)9-17-11-7-6-8-14-10(11)2/h10-11,14H,5-9H2,1-4H3,(H,15,16). The summed E-state index contributed by atoms with van der Waals surface area (Å²) in [6.45, 7) is 9.44. The second-order valence-corrected chi connectivity index (χ2v) is 5.52. The lowest BCUT2D eigenvalue weighted by molar-refractivity contribution is -0.130. The molecule has 0 bridgehead atoms. The zero-order chi connectivity index (χ0) is 12.9. The third-order valence-electron chi connectivity index (χ3n) is 3.48. The molecule has 0 spiro atoms. The third-order valence-corrected chi connectivity index (χ3v) is 3.48. The topological polar surface area (TPSA) is 50.4 Å². The highest BCUT2D eigenvalue weighted by molar-refractivity contribution is 5.77. The van der Waals surface area contributed by atoms with Crippen LogP contribution in [0.15, 0.2) is 0 Å². The molecule has 2 unspecified atom stereocenters. The summed E-state index contributed by atoms with van der Waals surface area (Å²) < 4.78 is 5.67. The zero-order valence-corrected chi connectivity index (χ0v) is 11.5. The molecule has 0 aliphatic carbocycles. The summed E-state index contributed by atoms with van der Waals surface area (Å²) in [6.07, 6.45) is 3.25. The number of hydrogen-bond donors (Lipinski definition) is 2. The van der Waals surface area contributed by atoms with Crippen molar-refractivity contribution in [3.8, 4) is 0 Å². The van der Waals surface area contributed by atoms with Crippen molar-refractivity contribution in [1.29, 1.82) is 0 Å². The van der Waals surface area contributed by atoms with E-state index in [0.717, 1.165) is 25.8 Å². The van der Waals surface area contributed by atoms with Crippen LogP contribution in [-0.4, -0.2) is 36.7 Å². The molecule has 1 heterocycles. The van der Waals surface area contributed by atoms with Crippen molar-refractivity contribution in [1.82, 2.24) is 10.6 Å². The largest absolute Gasteiger partial charge is 0.367 e. The van der Waals surface area contributed by atoms with Gasteiger partial charge in [0.05, 0.1) is 6.10 Å². The molecule has 17 heavy (non-hydrogen) atoms. The van der Waals surface area contributed by atoms with Crippen LogP contribution in [0, 0.1) is 0 Å². The van der Waals surface area contributed by atoms with Gasteiger partial charge in [0.25, 0.3) is 0 Å². The van der Waals surface area contributed by atoms with E-state index in [2.05, 4.69) is 24.5 Å². The molecular weight excluding hydrogens is 216 g/mol. The van der Waals surface area contributed by atoms with Gasteiger partial charge >= 0.3 is 0 Å². The molecule has 1 amide bonds. The Balaban J connectivity index is 2.27. The first-order valence-electron chi connectivity index (χ1n) is 6.60. The van der Waals surface area contributed by atoms with E-state index in [1.807, 2.05) is 13.8 Å². The number of amides is 1. The van der Waals surface area contributed by atoms with Gasteiger partial charge in [0.2, 0.25) is 5.91 Å². The highest BCUT2D eigenvalue weighted by atomic mass is 16.5. The molecule has 2 atom stereocenters. The molecule has 4 nitrogen and oxygen atoms in total. The van der Waals surface area contributed by atoms with Gasteiger partial charge in [-0.15, -0.1) is 0 Å². The second-order valence-electron chi connectivity index (χ2n) is 5.52. The number of carbonyl (C=O) groups excluding carboxylic acids is 1. The van der Waals surface area contributed by atoms with Crippen LogP contribution in [-0.2, 0) is 9.53 Å². The first kappa shape index (κ1) is 14.5. The van der Waals surface area contributed by atoms with E-state index in [1.54, 1.807) is 0 Å². The first-order valence-corrected chi connectivity index (χ1v) is 6.60. The van der Waals surface area contributed by atoms with Gasteiger partial charge in [-0.3, -0.25) is 4.79 Å². The number of carbonyl (C=O) groups is 1. The van der Waals surface area contributed by atoms with E-state index >= 15 is 0 Å². The van der Waals surface area contributed by atoms with Crippen LogP contribution in [0.4, 0.5) is 0 Å². The number of rotatable bonds is 5. The molecular formula is C13H26N2O2. The van der Waals surface area contributed by atoms with Crippen LogP contribution in [0.5, 0.6) is 0 Å². The molecule has 0 aromatic carbocycles. The molecule has 100 valence electrons. The Labute approximate surface area is 104 Å². The molecule has 0 radical (unpaired) electrons. The predicted molar refractivity (Wildman–Crippen MR) is 69.0 cm³/mol. The third kappa shape index (κ3) is 5.04. The van der Waals surface area contributed by atoms with Gasteiger partial charge in [0, 0.05) is 11.6 Å². The van der Waals surface area contributed by atoms with E-state index in [9.17, 15) is 4.79 Å². The van der Waals surface area contributed by atoms with Crippen LogP contribution >= 0.6 is 0 Å². The number of nitrogens with one attached hydrogen (secondary N) is 2. The fourth-order valence-electron chi connectivity index (χ4n) is 1.93. The van der Waals surface area contributed by atoms with Gasteiger partial charge in [-0.05, 0) is 46.6 Å². The Morgan fingerprint density at radius 3 is 2.82 bits per heavy atom. The number of piperidine rings is 1. The van der Waals surface area contributed by atoms with Crippen molar-refractivity contribution in [2.24, 2.45) is 0 Å². The van der Waals surface area contributed by atoms with Crippen LogP contribution in [0.1, 0.15) is 47.0 Å². The lowest BCUT2D eigenvalue weighted by atomic mass is 10.0. The molecule has 4 heteroatoms. The van der Waals surface area contributed by atoms with E-state index in [1.165, 1.54) is 0 Å². The van der Waals surface area contributed by atoms with Gasteiger partial charge in [0.15, 0.2) is 0 Å². The molecule has 0 saturated carbocycles. The van der Waals surface area contributed by atoms with Crippen LogP contribution in [0.3, 0.4) is 0 Å². The maximum absolute atomic E-state index is 11.7. The Hall–Kier alpha value is -0.610. The zero-order valence-electron chi connectivity index (χ0n) is 11.5. The monoisotopic (exact) mass is 242 g/mol. The van der Waals surface area contributed by atoms with Crippen molar-refractivity contribution in [2.45, 2.75) is 64.6 Å². The maximum atomic E-state index is 11.7. The van der Waals surface area contributed by atoms with Gasteiger partial charge in [0.1, 0.15) is 6.61 Å². The minimum absolute atomic E-state index is 0.0189. The van der Waals surface area contributed by atoms with Gasteiger partial charge in [-0.2, -0.15) is 0 Å². The molecule has 1 fully saturated rings. The molecule has 2 N–H and O–H groups in total. The second kappa shape index (κ2) is 6.36. The predicted octanol–water partition coefficient (Wildman–Crippen LogP) is 1.45. The molecule has 1 rings (SSSR count). The van der Waals surface area contributed by atoms with Crippen LogP contribution in [0.25, 0.3) is 0 Å². The Morgan fingerprint density at radius 1 is 1.53 bits per heavy atom. The van der Waals surface area contributed by atoms with E-state index in [0.29, 0.717) is 6.04 Å². The fourth-order valence-corrected chi connectivity index (χ4v) is 1.93. The maximum Gasteiger partial charge on any atom is 0.246 e. The highest BCUT2D eigenvalue weighted by Gasteiger charge is 2.23. The summed E-state index contributed by atoms with van der Waals surface area (Å²) in [4.78, 5) is 11.7. The summed E-state index contributed by atoms with van der Waals surface area (Å²) in [5, 5.41) is 6.33. The molecule has 1 aliphatic heterocycles. The van der Waals surface area contributed by atoms with Crippen molar-refractivity contribution in [2.75, 3.05) is 13.2 Å². The molecule has 0 aromatic heterocycles. The highest BCUT2D eigenvalue weighted by Crippen LogP contribution is 2.12. The normalized spacial score (nSPS) is 25.6. The van der Waals surface area contributed by atoms with E-state index in [-0.39, 0.29) is 24.2 Å². The molecule has 1 saturated heterocycles. The summed E-state index contributed by atoms with van der Waals surface area (Å²) >= 11 is 0.